The molecule has 0 aromatic carbocycles. The average Bonchev–Trinajstić information content (AvgIpc) is 2.38. The molecule has 0 bridgehead atoms. The van der Waals surface area contributed by atoms with E-state index < -0.39 is 0 Å². The first-order valence-electron chi connectivity index (χ1n) is 7.22. The van der Waals surface area contributed by atoms with Gasteiger partial charge in [-0.05, 0) is 59.0 Å². The molecule has 1 fully saturated rings. The Morgan fingerprint density at radius 3 is 2.44 bits per heavy atom. The molecule has 0 unspecified atom stereocenters. The molecule has 4 heteroatoms. The van der Waals surface area contributed by atoms with Crippen LogP contribution in [-0.4, -0.2) is 43.5 Å². The maximum Gasteiger partial charge on any atom is 0.223 e. The lowest BCUT2D eigenvalue weighted by Crippen LogP contribution is -2.39. The van der Waals surface area contributed by atoms with Gasteiger partial charge >= 0.3 is 0 Å². The van der Waals surface area contributed by atoms with E-state index >= 15 is 0 Å². The zero-order valence-corrected chi connectivity index (χ0v) is 12.1. The van der Waals surface area contributed by atoms with Gasteiger partial charge in [0.1, 0.15) is 0 Å². The average molecular weight is 255 g/mol. The fourth-order valence-corrected chi connectivity index (χ4v) is 2.42. The maximum atomic E-state index is 12.0. The number of carbonyl (C=O) groups is 1. The molecule has 0 aromatic heterocycles. The van der Waals surface area contributed by atoms with E-state index in [1.807, 2.05) is 0 Å². The van der Waals surface area contributed by atoms with Crippen LogP contribution in [0, 0.1) is 11.8 Å². The molecule has 3 N–H and O–H groups in total. The van der Waals surface area contributed by atoms with Gasteiger partial charge in [-0.1, -0.05) is 0 Å². The molecule has 1 rings (SSSR count). The molecule has 0 radical (unpaired) electrons. The lowest BCUT2D eigenvalue weighted by atomic mass is 9.81. The van der Waals surface area contributed by atoms with Gasteiger partial charge in [-0.3, -0.25) is 4.79 Å². The quantitative estimate of drug-likeness (QED) is 0.750. The van der Waals surface area contributed by atoms with Crippen LogP contribution < -0.4 is 11.1 Å². The third kappa shape index (κ3) is 4.94. The molecule has 1 aliphatic carbocycles. The Hall–Kier alpha value is -0.610. The van der Waals surface area contributed by atoms with Crippen LogP contribution in [0.25, 0.3) is 0 Å². The number of nitrogens with one attached hydrogen (secondary N) is 1. The minimum Gasteiger partial charge on any atom is -0.355 e. The largest absolute Gasteiger partial charge is 0.355 e. The summed E-state index contributed by atoms with van der Waals surface area (Å²) in [5.41, 5.74) is 5.66. The molecule has 18 heavy (non-hydrogen) atoms. The van der Waals surface area contributed by atoms with E-state index in [4.69, 9.17) is 5.73 Å². The molecule has 1 aliphatic rings. The van der Waals surface area contributed by atoms with Crippen molar-refractivity contribution >= 4 is 5.91 Å². The normalized spacial score (nSPS) is 24.6. The van der Waals surface area contributed by atoms with Gasteiger partial charge in [-0.25, -0.2) is 0 Å². The van der Waals surface area contributed by atoms with Crippen molar-refractivity contribution in [3.8, 4) is 0 Å². The van der Waals surface area contributed by atoms with Crippen molar-refractivity contribution in [1.82, 2.24) is 10.2 Å². The van der Waals surface area contributed by atoms with E-state index in [-0.39, 0.29) is 11.8 Å². The lowest BCUT2D eigenvalue weighted by Gasteiger charge is -2.27. The summed E-state index contributed by atoms with van der Waals surface area (Å²) in [6.45, 7) is 6.77. The number of rotatable bonds is 6. The number of hydrogen-bond acceptors (Lipinski definition) is 3. The molecule has 0 heterocycles. The molecule has 0 atom stereocenters. The van der Waals surface area contributed by atoms with E-state index in [0.29, 0.717) is 12.0 Å². The number of likely N-dealkylation sites (N-methyl/N-ethyl adjacent to an activating group) is 1. The third-order valence-corrected chi connectivity index (χ3v) is 4.20. The van der Waals surface area contributed by atoms with Crippen LogP contribution in [0.5, 0.6) is 0 Å². The minimum absolute atomic E-state index is 0.220. The van der Waals surface area contributed by atoms with Crippen LogP contribution >= 0.6 is 0 Å². The molecule has 0 aliphatic heterocycles. The van der Waals surface area contributed by atoms with Crippen LogP contribution in [0.3, 0.4) is 0 Å². The third-order valence-electron chi connectivity index (χ3n) is 4.20. The van der Waals surface area contributed by atoms with Crippen molar-refractivity contribution in [3.05, 3.63) is 0 Å². The topological polar surface area (TPSA) is 58.4 Å². The Labute approximate surface area is 111 Å². The molecule has 0 saturated heterocycles. The Morgan fingerprint density at radius 2 is 1.94 bits per heavy atom. The smallest absolute Gasteiger partial charge is 0.223 e. The Bertz CT molecular complexity index is 247. The van der Waals surface area contributed by atoms with E-state index in [2.05, 4.69) is 31.1 Å². The van der Waals surface area contributed by atoms with Gasteiger partial charge in [-0.15, -0.1) is 0 Å². The van der Waals surface area contributed by atoms with Gasteiger partial charge in [0.25, 0.3) is 0 Å². The number of hydrogen-bond donors (Lipinski definition) is 2. The second kappa shape index (κ2) is 7.74. The van der Waals surface area contributed by atoms with Crippen LogP contribution in [0.4, 0.5) is 0 Å². The first-order chi connectivity index (χ1) is 8.54. The highest BCUT2D eigenvalue weighted by Crippen LogP contribution is 2.27. The monoisotopic (exact) mass is 255 g/mol. The molecule has 1 saturated carbocycles. The fourth-order valence-electron chi connectivity index (χ4n) is 2.42. The highest BCUT2D eigenvalue weighted by atomic mass is 16.1. The highest BCUT2D eigenvalue weighted by molar-refractivity contribution is 5.78. The van der Waals surface area contributed by atoms with Crippen molar-refractivity contribution in [2.45, 2.75) is 45.6 Å². The Kier molecular flexibility index (Phi) is 6.65. The zero-order chi connectivity index (χ0) is 13.5. The van der Waals surface area contributed by atoms with Gasteiger partial charge < -0.3 is 16.0 Å². The molecular weight excluding hydrogens is 226 g/mol. The Balaban J connectivity index is 2.18. The lowest BCUT2D eigenvalue weighted by molar-refractivity contribution is -0.126. The minimum atomic E-state index is 0.220. The van der Waals surface area contributed by atoms with E-state index in [1.165, 1.54) is 0 Å². The number of carbonyl (C=O) groups excluding carboxylic acids is 1. The molecular formula is C14H29N3O. The van der Waals surface area contributed by atoms with E-state index in [9.17, 15) is 4.79 Å². The number of nitrogens with two attached hydrogens (primary N) is 1. The summed E-state index contributed by atoms with van der Waals surface area (Å²) in [5, 5.41) is 3.06. The van der Waals surface area contributed by atoms with Crippen LogP contribution in [-0.2, 0) is 4.79 Å². The second-order valence-corrected chi connectivity index (χ2v) is 5.82. The van der Waals surface area contributed by atoms with Gasteiger partial charge in [0, 0.05) is 25.0 Å². The summed E-state index contributed by atoms with van der Waals surface area (Å²) in [5.74, 6) is 1.10. The van der Waals surface area contributed by atoms with E-state index in [1.54, 1.807) is 0 Å². The molecule has 4 nitrogen and oxygen atoms in total. The zero-order valence-electron chi connectivity index (χ0n) is 12.1. The van der Waals surface area contributed by atoms with E-state index in [0.717, 1.165) is 45.3 Å². The van der Waals surface area contributed by atoms with Gasteiger partial charge in [-0.2, -0.15) is 0 Å². The van der Waals surface area contributed by atoms with Gasteiger partial charge in [0.2, 0.25) is 5.91 Å². The summed E-state index contributed by atoms with van der Waals surface area (Å²) in [7, 11) is 2.09. The van der Waals surface area contributed by atoms with Crippen molar-refractivity contribution in [1.29, 1.82) is 0 Å². The molecule has 1 amide bonds. The first-order valence-corrected chi connectivity index (χ1v) is 7.22. The van der Waals surface area contributed by atoms with Crippen molar-refractivity contribution < 1.29 is 4.79 Å². The number of nitrogens with zero attached hydrogens (tertiary/aromatic N) is 1. The second-order valence-electron chi connectivity index (χ2n) is 5.82. The Morgan fingerprint density at radius 1 is 1.33 bits per heavy atom. The van der Waals surface area contributed by atoms with Gasteiger partial charge in [0.15, 0.2) is 0 Å². The summed E-state index contributed by atoms with van der Waals surface area (Å²) in [4.78, 5) is 14.2. The number of amides is 1. The predicted molar refractivity (Wildman–Crippen MR) is 75.3 cm³/mol. The standard InChI is InChI=1S/C14H29N3O/c1-11(2)17(3)9-8-16-14(18)13-6-4-12(10-15)5-7-13/h11-13H,4-10,15H2,1-3H3,(H,16,18). The molecule has 0 spiro atoms. The van der Waals surface area contributed by atoms with Crippen molar-refractivity contribution in [2.75, 3.05) is 26.7 Å². The summed E-state index contributed by atoms with van der Waals surface area (Å²) >= 11 is 0. The van der Waals surface area contributed by atoms with Crippen LogP contribution in [0.1, 0.15) is 39.5 Å². The molecule has 106 valence electrons. The first kappa shape index (κ1) is 15.4. The molecule has 0 aromatic rings. The van der Waals surface area contributed by atoms with Crippen LogP contribution in [0.15, 0.2) is 0 Å². The summed E-state index contributed by atoms with van der Waals surface area (Å²) in [6, 6.07) is 0.530. The van der Waals surface area contributed by atoms with Crippen molar-refractivity contribution in [3.63, 3.8) is 0 Å². The predicted octanol–water partition coefficient (Wildman–Crippen LogP) is 1.21. The summed E-state index contributed by atoms with van der Waals surface area (Å²) in [6.07, 6.45) is 4.24. The fraction of sp³-hybridized carbons (Fsp3) is 0.929. The SMILES string of the molecule is CC(C)N(C)CCNC(=O)C1CCC(CN)CC1. The summed E-state index contributed by atoms with van der Waals surface area (Å²) < 4.78 is 0. The highest BCUT2D eigenvalue weighted by Gasteiger charge is 2.25. The van der Waals surface area contributed by atoms with Gasteiger partial charge in [0.05, 0.1) is 0 Å². The van der Waals surface area contributed by atoms with Crippen LogP contribution in [0.2, 0.25) is 0 Å². The van der Waals surface area contributed by atoms with Crippen molar-refractivity contribution in [2.24, 2.45) is 17.6 Å². The maximum absolute atomic E-state index is 12.0.